The van der Waals surface area contributed by atoms with Crippen molar-refractivity contribution in [2.45, 2.75) is 19.9 Å². The molecule has 1 amide bonds. The van der Waals surface area contributed by atoms with E-state index in [-0.39, 0.29) is 11.3 Å². The smallest absolute Gasteiger partial charge is 0.300 e. The summed E-state index contributed by atoms with van der Waals surface area (Å²) in [6, 6.07) is 16.9. The van der Waals surface area contributed by atoms with E-state index in [1.165, 1.54) is 12.0 Å². The van der Waals surface area contributed by atoms with Gasteiger partial charge in [-0.15, -0.1) is 0 Å². The number of aromatic nitrogens is 1. The van der Waals surface area contributed by atoms with Crippen LogP contribution >= 0.6 is 0 Å². The van der Waals surface area contributed by atoms with Crippen LogP contribution in [0.5, 0.6) is 5.75 Å². The molecule has 3 aromatic rings. The van der Waals surface area contributed by atoms with Crippen LogP contribution in [-0.4, -0.2) is 28.9 Å². The third-order valence-corrected chi connectivity index (χ3v) is 5.38. The van der Waals surface area contributed by atoms with E-state index in [2.05, 4.69) is 4.98 Å². The minimum Gasteiger partial charge on any atom is -0.507 e. The number of carbonyl (C=O) groups is 2. The summed E-state index contributed by atoms with van der Waals surface area (Å²) < 4.78 is 5.24. The van der Waals surface area contributed by atoms with Crippen LogP contribution in [0, 0.1) is 13.8 Å². The number of ketones is 1. The number of carbonyl (C=O) groups excluding carboxylic acids is 2. The van der Waals surface area contributed by atoms with Gasteiger partial charge in [0.25, 0.3) is 11.7 Å². The lowest BCUT2D eigenvalue weighted by Gasteiger charge is -2.26. The standard InChI is InChI=1S/C25H22N2O4/c1-15-10-11-16(2)20(13-15)27-22(19-9-4-5-12-26-19)21(24(29)25(27)30)23(28)17-7-6-8-18(14-17)31-3/h4-14,22,28H,1-3H3/b23-21+. The molecule has 0 radical (unpaired) electrons. The molecule has 6 heteroatoms. The van der Waals surface area contributed by atoms with Crippen LogP contribution in [0.15, 0.2) is 72.4 Å². The Balaban J connectivity index is 1.97. The maximum absolute atomic E-state index is 13.2. The monoisotopic (exact) mass is 414 g/mol. The van der Waals surface area contributed by atoms with E-state index in [0.717, 1.165) is 11.1 Å². The number of rotatable bonds is 4. The Morgan fingerprint density at radius 1 is 1.03 bits per heavy atom. The third-order valence-electron chi connectivity index (χ3n) is 5.38. The quantitative estimate of drug-likeness (QED) is 0.390. The van der Waals surface area contributed by atoms with Gasteiger partial charge < -0.3 is 9.84 Å². The lowest BCUT2D eigenvalue weighted by molar-refractivity contribution is -0.132. The lowest BCUT2D eigenvalue weighted by atomic mass is 9.97. The second-order valence-electron chi connectivity index (χ2n) is 7.45. The van der Waals surface area contributed by atoms with Gasteiger partial charge in [-0.3, -0.25) is 19.5 Å². The maximum atomic E-state index is 13.2. The first-order chi connectivity index (χ1) is 14.9. The van der Waals surface area contributed by atoms with Crippen LogP contribution < -0.4 is 9.64 Å². The summed E-state index contributed by atoms with van der Waals surface area (Å²) >= 11 is 0. The number of hydrogen-bond donors (Lipinski definition) is 1. The Labute approximate surface area is 180 Å². The van der Waals surface area contributed by atoms with Gasteiger partial charge in [-0.2, -0.15) is 0 Å². The average molecular weight is 414 g/mol. The number of aliphatic hydroxyl groups is 1. The molecule has 1 aliphatic rings. The van der Waals surface area contributed by atoms with E-state index in [9.17, 15) is 14.7 Å². The van der Waals surface area contributed by atoms with Crippen molar-refractivity contribution in [2.75, 3.05) is 12.0 Å². The number of aryl methyl sites for hydroxylation is 2. The zero-order valence-corrected chi connectivity index (χ0v) is 17.5. The Hall–Kier alpha value is -3.93. The zero-order valence-electron chi connectivity index (χ0n) is 17.5. The van der Waals surface area contributed by atoms with Gasteiger partial charge in [0, 0.05) is 17.4 Å². The topological polar surface area (TPSA) is 79.7 Å². The van der Waals surface area contributed by atoms with E-state index >= 15 is 0 Å². The van der Waals surface area contributed by atoms with Gasteiger partial charge in [-0.05, 0) is 55.3 Å². The average Bonchev–Trinajstić information content (AvgIpc) is 3.06. The number of Topliss-reactive ketones (excluding diaryl/α,β-unsaturated/α-hetero) is 1. The fourth-order valence-electron chi connectivity index (χ4n) is 3.80. The molecule has 2 aromatic carbocycles. The molecule has 1 unspecified atom stereocenters. The Kier molecular flexibility index (Phi) is 5.29. The molecule has 156 valence electrons. The molecule has 0 aliphatic carbocycles. The molecular weight excluding hydrogens is 392 g/mol. The van der Waals surface area contributed by atoms with Crippen LogP contribution in [0.3, 0.4) is 0 Å². The van der Waals surface area contributed by atoms with Crippen LogP contribution in [0.25, 0.3) is 5.76 Å². The molecule has 1 saturated heterocycles. The highest BCUT2D eigenvalue weighted by molar-refractivity contribution is 6.51. The summed E-state index contributed by atoms with van der Waals surface area (Å²) in [7, 11) is 1.52. The molecule has 31 heavy (non-hydrogen) atoms. The predicted molar refractivity (Wildman–Crippen MR) is 118 cm³/mol. The molecule has 1 fully saturated rings. The minimum absolute atomic E-state index is 0.00198. The fourth-order valence-corrected chi connectivity index (χ4v) is 3.80. The summed E-state index contributed by atoms with van der Waals surface area (Å²) in [5.41, 5.74) is 3.29. The van der Waals surface area contributed by atoms with Crippen molar-refractivity contribution in [1.29, 1.82) is 0 Å². The molecule has 0 spiro atoms. The van der Waals surface area contributed by atoms with Gasteiger partial charge in [0.05, 0.1) is 18.4 Å². The molecule has 2 heterocycles. The summed E-state index contributed by atoms with van der Waals surface area (Å²) in [6.45, 7) is 3.80. The van der Waals surface area contributed by atoms with E-state index in [1.54, 1.807) is 48.7 Å². The third kappa shape index (κ3) is 3.57. The molecular formula is C25H22N2O4. The molecule has 0 bridgehead atoms. The largest absolute Gasteiger partial charge is 0.507 e. The van der Waals surface area contributed by atoms with Crippen molar-refractivity contribution >= 4 is 23.1 Å². The van der Waals surface area contributed by atoms with Crippen LogP contribution in [-0.2, 0) is 9.59 Å². The predicted octanol–water partition coefficient (Wildman–Crippen LogP) is 4.33. The number of methoxy groups -OCH3 is 1. The van der Waals surface area contributed by atoms with Gasteiger partial charge in [0.1, 0.15) is 17.6 Å². The second-order valence-corrected chi connectivity index (χ2v) is 7.45. The van der Waals surface area contributed by atoms with Crippen LogP contribution in [0.1, 0.15) is 28.4 Å². The van der Waals surface area contributed by atoms with Crippen molar-refractivity contribution < 1.29 is 19.4 Å². The van der Waals surface area contributed by atoms with E-state index < -0.39 is 17.7 Å². The summed E-state index contributed by atoms with van der Waals surface area (Å²) in [4.78, 5) is 32.2. The molecule has 6 nitrogen and oxygen atoms in total. The van der Waals surface area contributed by atoms with E-state index in [1.807, 2.05) is 32.0 Å². The SMILES string of the molecule is COc1cccc(/C(O)=C2\C(=O)C(=O)N(c3cc(C)ccc3C)C2c2ccccn2)c1. The number of amides is 1. The Morgan fingerprint density at radius 3 is 2.55 bits per heavy atom. The highest BCUT2D eigenvalue weighted by Crippen LogP contribution is 2.42. The van der Waals surface area contributed by atoms with E-state index in [0.29, 0.717) is 22.7 Å². The van der Waals surface area contributed by atoms with Gasteiger partial charge >= 0.3 is 0 Å². The van der Waals surface area contributed by atoms with Crippen LogP contribution in [0.4, 0.5) is 5.69 Å². The number of ether oxygens (including phenoxy) is 1. The van der Waals surface area contributed by atoms with Gasteiger partial charge in [0.2, 0.25) is 0 Å². The number of hydrogen-bond acceptors (Lipinski definition) is 5. The van der Waals surface area contributed by atoms with Gasteiger partial charge in [-0.25, -0.2) is 0 Å². The van der Waals surface area contributed by atoms with Crippen molar-refractivity contribution in [2.24, 2.45) is 0 Å². The van der Waals surface area contributed by atoms with Gasteiger partial charge in [0.15, 0.2) is 0 Å². The van der Waals surface area contributed by atoms with Crippen molar-refractivity contribution in [3.8, 4) is 5.75 Å². The number of anilines is 1. The van der Waals surface area contributed by atoms with Crippen molar-refractivity contribution in [3.63, 3.8) is 0 Å². The number of nitrogens with zero attached hydrogens (tertiary/aromatic N) is 2. The minimum atomic E-state index is -0.854. The van der Waals surface area contributed by atoms with E-state index in [4.69, 9.17) is 4.74 Å². The molecule has 0 saturated carbocycles. The number of benzene rings is 2. The normalized spacial score (nSPS) is 17.8. The summed E-state index contributed by atoms with van der Waals surface area (Å²) in [6.07, 6.45) is 1.60. The van der Waals surface area contributed by atoms with Crippen LogP contribution in [0.2, 0.25) is 0 Å². The summed E-state index contributed by atoms with van der Waals surface area (Å²) in [5, 5.41) is 11.1. The van der Waals surface area contributed by atoms with Crippen molar-refractivity contribution in [3.05, 3.63) is 94.8 Å². The zero-order chi connectivity index (χ0) is 22.1. The summed E-state index contributed by atoms with van der Waals surface area (Å²) in [5.74, 6) is -1.19. The maximum Gasteiger partial charge on any atom is 0.300 e. The first kappa shape index (κ1) is 20.3. The number of aliphatic hydroxyl groups excluding tert-OH is 1. The van der Waals surface area contributed by atoms with Gasteiger partial charge in [-0.1, -0.05) is 30.3 Å². The first-order valence-electron chi connectivity index (χ1n) is 9.86. The second kappa shape index (κ2) is 8.07. The lowest BCUT2D eigenvalue weighted by Crippen LogP contribution is -2.30. The molecule has 1 aliphatic heterocycles. The fraction of sp³-hybridized carbons (Fsp3) is 0.160. The Morgan fingerprint density at radius 2 is 1.84 bits per heavy atom. The highest BCUT2D eigenvalue weighted by atomic mass is 16.5. The molecule has 1 atom stereocenters. The highest BCUT2D eigenvalue weighted by Gasteiger charge is 2.48. The molecule has 1 aromatic heterocycles. The molecule has 4 rings (SSSR count). The first-order valence-corrected chi connectivity index (χ1v) is 9.86. The van der Waals surface area contributed by atoms with Crippen molar-refractivity contribution in [1.82, 2.24) is 4.98 Å². The Bertz CT molecular complexity index is 1200. The number of pyridine rings is 1. The molecule has 1 N–H and O–H groups in total.